The first kappa shape index (κ1) is 19.6. The van der Waals surface area contributed by atoms with E-state index in [0.717, 1.165) is 32.1 Å². The van der Waals surface area contributed by atoms with Crippen molar-refractivity contribution in [2.75, 3.05) is 13.7 Å². The summed E-state index contributed by atoms with van der Waals surface area (Å²) in [4.78, 5) is 23.0. The van der Waals surface area contributed by atoms with Crippen molar-refractivity contribution in [1.82, 2.24) is 0 Å². The first-order chi connectivity index (χ1) is 11.0. The highest BCUT2D eigenvalue weighted by molar-refractivity contribution is 5.61. The lowest BCUT2D eigenvalue weighted by Crippen LogP contribution is -2.38. The highest BCUT2D eigenvalue weighted by Gasteiger charge is 2.32. The summed E-state index contributed by atoms with van der Waals surface area (Å²) in [5.41, 5.74) is 0. The third kappa shape index (κ3) is 8.67. The topological polar surface area (TPSA) is 71.1 Å². The minimum Gasteiger partial charge on any atom is -0.438 e. The van der Waals surface area contributed by atoms with Crippen LogP contribution in [0.25, 0.3) is 0 Å². The van der Waals surface area contributed by atoms with Gasteiger partial charge in [0.2, 0.25) is 0 Å². The maximum atomic E-state index is 11.7. The molecule has 23 heavy (non-hydrogen) atoms. The number of methoxy groups -OCH3 is 1. The van der Waals surface area contributed by atoms with Gasteiger partial charge in [0.1, 0.15) is 12.2 Å². The Labute approximate surface area is 138 Å². The predicted octanol–water partition coefficient (Wildman–Crippen LogP) is 4.45. The second-order valence-corrected chi connectivity index (χ2v) is 6.39. The van der Waals surface area contributed by atoms with E-state index in [-0.39, 0.29) is 0 Å². The third-order valence-corrected chi connectivity index (χ3v) is 3.95. The van der Waals surface area contributed by atoms with Gasteiger partial charge in [0.25, 0.3) is 0 Å². The van der Waals surface area contributed by atoms with E-state index in [0.29, 0.717) is 25.4 Å². The van der Waals surface area contributed by atoms with Crippen LogP contribution in [0.5, 0.6) is 0 Å². The van der Waals surface area contributed by atoms with Crippen LogP contribution in [-0.4, -0.2) is 38.2 Å². The zero-order valence-electron chi connectivity index (χ0n) is 14.5. The number of carbonyl (C=O) groups excluding carboxylic acids is 2. The Morgan fingerprint density at radius 2 is 1.57 bits per heavy atom. The second kappa shape index (κ2) is 11.1. The number of rotatable bonds is 8. The summed E-state index contributed by atoms with van der Waals surface area (Å²) >= 11 is 0. The van der Waals surface area contributed by atoms with Crippen molar-refractivity contribution in [2.45, 2.75) is 77.4 Å². The zero-order valence-corrected chi connectivity index (χ0v) is 14.5. The van der Waals surface area contributed by atoms with Crippen molar-refractivity contribution < 1.29 is 28.5 Å². The third-order valence-electron chi connectivity index (χ3n) is 3.95. The minimum atomic E-state index is -0.746. The summed E-state index contributed by atoms with van der Waals surface area (Å²) < 4.78 is 20.0. The van der Waals surface area contributed by atoms with Crippen LogP contribution < -0.4 is 0 Å². The van der Waals surface area contributed by atoms with Crippen molar-refractivity contribution >= 4 is 12.3 Å². The second-order valence-electron chi connectivity index (χ2n) is 6.39. The van der Waals surface area contributed by atoms with Crippen LogP contribution in [0.15, 0.2) is 0 Å². The van der Waals surface area contributed by atoms with Crippen LogP contribution in [0, 0.1) is 5.92 Å². The van der Waals surface area contributed by atoms with Gasteiger partial charge in [-0.15, -0.1) is 0 Å². The van der Waals surface area contributed by atoms with Gasteiger partial charge in [-0.05, 0) is 38.0 Å². The first-order valence-corrected chi connectivity index (χ1v) is 8.61. The molecule has 6 nitrogen and oxygen atoms in total. The average Bonchev–Trinajstić information content (AvgIpc) is 2.52. The molecule has 1 saturated carbocycles. The fourth-order valence-corrected chi connectivity index (χ4v) is 2.65. The largest absolute Gasteiger partial charge is 0.508 e. The fraction of sp³-hybridized carbons (Fsp3) is 0.882. The van der Waals surface area contributed by atoms with Crippen molar-refractivity contribution in [3.63, 3.8) is 0 Å². The van der Waals surface area contributed by atoms with E-state index in [1.165, 1.54) is 13.5 Å². The lowest BCUT2D eigenvalue weighted by atomic mass is 9.95. The van der Waals surface area contributed by atoms with Gasteiger partial charge in [-0.1, -0.05) is 33.1 Å². The smallest absolute Gasteiger partial charge is 0.438 e. The van der Waals surface area contributed by atoms with E-state index in [2.05, 4.69) is 18.6 Å². The van der Waals surface area contributed by atoms with Crippen LogP contribution in [0.2, 0.25) is 0 Å². The van der Waals surface area contributed by atoms with E-state index >= 15 is 0 Å². The highest BCUT2D eigenvalue weighted by atomic mass is 16.8. The fourth-order valence-electron chi connectivity index (χ4n) is 2.65. The molecule has 1 aliphatic rings. The van der Waals surface area contributed by atoms with Crippen molar-refractivity contribution in [1.29, 1.82) is 0 Å². The average molecular weight is 330 g/mol. The van der Waals surface area contributed by atoms with Crippen LogP contribution in [-0.2, 0) is 18.9 Å². The highest BCUT2D eigenvalue weighted by Crippen LogP contribution is 2.24. The van der Waals surface area contributed by atoms with Crippen LogP contribution in [0.4, 0.5) is 9.59 Å². The minimum absolute atomic E-state index is 0.367. The number of carbonyl (C=O) groups is 2. The molecule has 0 bridgehead atoms. The molecule has 0 radical (unpaired) electrons. The number of hydrogen-bond donors (Lipinski definition) is 0. The van der Waals surface area contributed by atoms with Gasteiger partial charge >= 0.3 is 12.3 Å². The molecule has 0 aromatic heterocycles. The molecule has 0 aromatic rings. The van der Waals surface area contributed by atoms with E-state index in [1.54, 1.807) is 0 Å². The molecule has 0 N–H and O–H groups in total. The summed E-state index contributed by atoms with van der Waals surface area (Å²) in [5, 5.41) is 0. The molecular formula is C17H30O6. The van der Waals surface area contributed by atoms with Crippen LogP contribution in [0.3, 0.4) is 0 Å². The normalized spacial score (nSPS) is 20.9. The maximum absolute atomic E-state index is 11.7. The molecular weight excluding hydrogens is 300 g/mol. The zero-order chi connectivity index (χ0) is 17.1. The molecule has 0 spiro atoms. The Hall–Kier alpha value is -1.46. The number of ether oxygens (including phenoxy) is 4. The molecule has 2 atom stereocenters. The Kier molecular flexibility index (Phi) is 9.48. The summed E-state index contributed by atoms with van der Waals surface area (Å²) in [6, 6.07) is 0. The maximum Gasteiger partial charge on any atom is 0.508 e. The molecule has 0 amide bonds. The summed E-state index contributed by atoms with van der Waals surface area (Å²) in [6.45, 7) is 4.77. The number of hydrogen-bond acceptors (Lipinski definition) is 6. The molecule has 1 fully saturated rings. The summed E-state index contributed by atoms with van der Waals surface area (Å²) in [6.07, 6.45) is 5.12. The molecule has 1 aliphatic carbocycles. The molecule has 6 heteroatoms. The van der Waals surface area contributed by atoms with Gasteiger partial charge in [0.15, 0.2) is 0 Å². The van der Waals surface area contributed by atoms with Gasteiger partial charge in [0, 0.05) is 0 Å². The van der Waals surface area contributed by atoms with Gasteiger partial charge in [-0.3, -0.25) is 0 Å². The van der Waals surface area contributed by atoms with E-state index in [1.807, 2.05) is 0 Å². The van der Waals surface area contributed by atoms with Gasteiger partial charge in [-0.25, -0.2) is 9.59 Å². The summed E-state index contributed by atoms with van der Waals surface area (Å²) in [5.74, 6) is 0.707. The number of unbranched alkanes of at least 4 members (excludes halogenated alkanes) is 2. The lowest BCUT2D eigenvalue weighted by molar-refractivity contribution is -0.0681. The van der Waals surface area contributed by atoms with Gasteiger partial charge in [0.05, 0.1) is 13.7 Å². The lowest BCUT2D eigenvalue weighted by Gasteiger charge is -2.29. The standard InChI is InChI=1S/C17H30O6/c1-13(2)9-5-4-8-12-21-17(19)23-15-11-7-6-10-14(15)22-16(18)20-3/h13-15H,4-12H2,1-3H3. The Morgan fingerprint density at radius 1 is 0.957 bits per heavy atom. The predicted molar refractivity (Wildman–Crippen MR) is 85.3 cm³/mol. The van der Waals surface area contributed by atoms with Gasteiger partial charge < -0.3 is 18.9 Å². The van der Waals surface area contributed by atoms with Crippen molar-refractivity contribution in [3.8, 4) is 0 Å². The molecule has 134 valence electrons. The molecule has 0 aromatic carbocycles. The summed E-state index contributed by atoms with van der Waals surface area (Å²) in [7, 11) is 1.26. The van der Waals surface area contributed by atoms with Crippen LogP contribution >= 0.6 is 0 Å². The molecule has 0 saturated heterocycles. The first-order valence-electron chi connectivity index (χ1n) is 8.61. The Bertz CT molecular complexity index is 355. The van der Waals surface area contributed by atoms with Crippen molar-refractivity contribution in [3.05, 3.63) is 0 Å². The Morgan fingerprint density at radius 3 is 2.13 bits per heavy atom. The van der Waals surface area contributed by atoms with Crippen molar-refractivity contribution in [2.24, 2.45) is 5.92 Å². The van der Waals surface area contributed by atoms with Gasteiger partial charge in [-0.2, -0.15) is 0 Å². The van der Waals surface area contributed by atoms with E-state index in [4.69, 9.17) is 14.2 Å². The quantitative estimate of drug-likeness (QED) is 0.483. The van der Waals surface area contributed by atoms with Crippen LogP contribution in [0.1, 0.15) is 65.2 Å². The monoisotopic (exact) mass is 330 g/mol. The molecule has 0 aliphatic heterocycles. The molecule has 1 rings (SSSR count). The molecule has 2 unspecified atom stereocenters. The van der Waals surface area contributed by atoms with E-state index in [9.17, 15) is 9.59 Å². The Balaban J connectivity index is 2.21. The molecule has 0 heterocycles. The van der Waals surface area contributed by atoms with E-state index < -0.39 is 24.5 Å². The SMILES string of the molecule is COC(=O)OC1CCCCC1OC(=O)OCCCCCC(C)C.